The van der Waals surface area contributed by atoms with Gasteiger partial charge >= 0.3 is 0 Å². The van der Waals surface area contributed by atoms with E-state index in [1.807, 2.05) is 30.5 Å². The Morgan fingerprint density at radius 1 is 0.380 bits per heavy atom. The molecule has 4 nitrogen and oxygen atoms in total. The second-order valence-electron chi connectivity index (χ2n) is 12.9. The van der Waals surface area contributed by atoms with Crippen molar-refractivity contribution < 1.29 is 8.83 Å². The maximum Gasteiger partial charge on any atom is 0.147 e. The average molecular weight is 639 g/mol. The van der Waals surface area contributed by atoms with Gasteiger partial charge in [0.15, 0.2) is 0 Å². The first kappa shape index (κ1) is 27.2. The first-order valence-corrected chi connectivity index (χ1v) is 16.8. The van der Waals surface area contributed by atoms with E-state index >= 15 is 0 Å². The Morgan fingerprint density at radius 2 is 0.860 bits per heavy atom. The van der Waals surface area contributed by atoms with Gasteiger partial charge in [0.2, 0.25) is 0 Å². The van der Waals surface area contributed by atoms with Gasteiger partial charge in [0, 0.05) is 37.9 Å². The van der Waals surface area contributed by atoms with Gasteiger partial charge in [0.05, 0.1) is 28.5 Å². The first-order chi connectivity index (χ1) is 24.8. The molecule has 0 aliphatic heterocycles. The molecule has 0 amide bonds. The molecule has 50 heavy (non-hydrogen) atoms. The Balaban J connectivity index is 1.09. The summed E-state index contributed by atoms with van der Waals surface area (Å²) >= 11 is 0. The molecule has 0 aliphatic carbocycles. The molecule has 0 unspecified atom stereocenters. The topological polar surface area (TPSA) is 52.1 Å². The third-order valence-electron chi connectivity index (χ3n) is 10.1. The summed E-state index contributed by atoms with van der Waals surface area (Å²) in [6.45, 7) is 0. The van der Waals surface area contributed by atoms with E-state index in [1.54, 1.807) is 0 Å². The van der Waals surface area contributed by atoms with Crippen LogP contribution in [-0.2, 0) is 0 Å². The van der Waals surface area contributed by atoms with E-state index < -0.39 is 0 Å². The van der Waals surface area contributed by atoms with E-state index in [9.17, 15) is 0 Å². The molecule has 3 aromatic heterocycles. The Morgan fingerprint density at radius 3 is 1.48 bits per heavy atom. The lowest BCUT2D eigenvalue weighted by Gasteiger charge is -2.13. The number of para-hydroxylation sites is 2. The van der Waals surface area contributed by atoms with Crippen LogP contribution in [0.4, 0.5) is 0 Å². The fraction of sp³-hybridized carbons (Fsp3) is 0. The van der Waals surface area contributed by atoms with Crippen LogP contribution < -0.4 is 0 Å². The molecule has 0 saturated heterocycles. The minimum absolute atomic E-state index is 0.831. The molecule has 0 atom stereocenters. The molecule has 0 spiro atoms. The van der Waals surface area contributed by atoms with Gasteiger partial charge in [-0.15, -0.1) is 0 Å². The third kappa shape index (κ3) is 3.87. The maximum absolute atomic E-state index is 6.55. The number of nitrogens with zero attached hydrogens (tertiary/aromatic N) is 2. The Kier molecular flexibility index (Phi) is 5.63. The smallest absolute Gasteiger partial charge is 0.147 e. The SMILES string of the molecule is c1ccc(-c2cnc3c4ccccc4c4ccccc4c3n2)c(-c2ccc(-c3c4oc5ccccc5c4cc4c3oc3ccccc34)cc2)c1. The van der Waals surface area contributed by atoms with Crippen LogP contribution >= 0.6 is 0 Å². The summed E-state index contributed by atoms with van der Waals surface area (Å²) in [7, 11) is 0. The number of benzene rings is 8. The zero-order valence-corrected chi connectivity index (χ0v) is 26.7. The van der Waals surface area contributed by atoms with E-state index in [0.717, 1.165) is 99.2 Å². The van der Waals surface area contributed by atoms with Crippen LogP contribution in [-0.4, -0.2) is 9.97 Å². The molecule has 0 N–H and O–H groups in total. The molecular weight excluding hydrogens is 613 g/mol. The highest BCUT2D eigenvalue weighted by atomic mass is 16.3. The van der Waals surface area contributed by atoms with Crippen LogP contribution in [0.1, 0.15) is 0 Å². The molecule has 232 valence electrons. The highest BCUT2D eigenvalue weighted by Gasteiger charge is 2.21. The van der Waals surface area contributed by atoms with Crippen molar-refractivity contribution in [1.29, 1.82) is 0 Å². The van der Waals surface area contributed by atoms with Crippen LogP contribution in [0.3, 0.4) is 0 Å². The van der Waals surface area contributed by atoms with Crippen molar-refractivity contribution in [3.8, 4) is 33.5 Å². The van der Waals surface area contributed by atoms with E-state index in [2.05, 4.69) is 127 Å². The molecule has 11 rings (SSSR count). The largest absolute Gasteiger partial charge is 0.455 e. The van der Waals surface area contributed by atoms with E-state index in [1.165, 1.54) is 10.8 Å². The van der Waals surface area contributed by atoms with Crippen LogP contribution in [0.25, 0.3) is 110 Å². The van der Waals surface area contributed by atoms with Gasteiger partial charge in [-0.25, -0.2) is 4.98 Å². The summed E-state index contributed by atoms with van der Waals surface area (Å²) in [4.78, 5) is 10.3. The highest BCUT2D eigenvalue weighted by molar-refractivity contribution is 6.24. The van der Waals surface area contributed by atoms with Gasteiger partial charge in [0.25, 0.3) is 0 Å². The van der Waals surface area contributed by atoms with E-state index in [4.69, 9.17) is 18.8 Å². The summed E-state index contributed by atoms with van der Waals surface area (Å²) in [5.74, 6) is 0. The zero-order chi connectivity index (χ0) is 32.8. The predicted molar refractivity (Wildman–Crippen MR) is 205 cm³/mol. The average Bonchev–Trinajstić information content (AvgIpc) is 3.75. The standard InChI is InChI=1S/C46H26N2O2/c1-4-14-32(39-26-47-43-35-17-5-2-12-30(35)31-13-3-6-18-36(31)44(43)48-39)29(11-1)27-21-23-28(24-22-27)42-45-37(33-15-7-9-19-40(33)49-45)25-38-34-16-8-10-20-41(34)50-46(38)42/h1-26H. The van der Waals surface area contributed by atoms with Gasteiger partial charge in [-0.2, -0.15) is 0 Å². The van der Waals surface area contributed by atoms with Gasteiger partial charge in [0.1, 0.15) is 22.3 Å². The molecular formula is C46H26N2O2. The van der Waals surface area contributed by atoms with Gasteiger partial charge < -0.3 is 8.83 Å². The van der Waals surface area contributed by atoms with Crippen LogP contribution in [0.5, 0.6) is 0 Å². The first-order valence-electron chi connectivity index (χ1n) is 16.8. The molecule has 0 saturated carbocycles. The lowest BCUT2D eigenvalue weighted by atomic mass is 9.94. The lowest BCUT2D eigenvalue weighted by molar-refractivity contribution is 0.658. The molecule has 3 heterocycles. The van der Waals surface area contributed by atoms with Crippen molar-refractivity contribution in [3.05, 3.63) is 158 Å². The summed E-state index contributed by atoms with van der Waals surface area (Å²) in [5, 5.41) is 8.95. The third-order valence-corrected chi connectivity index (χ3v) is 10.1. The zero-order valence-electron chi connectivity index (χ0n) is 26.7. The Labute approximate surface area is 285 Å². The molecule has 4 heteroatoms. The molecule has 0 bridgehead atoms. The van der Waals surface area contributed by atoms with Crippen molar-refractivity contribution in [2.24, 2.45) is 0 Å². The van der Waals surface area contributed by atoms with Crippen molar-refractivity contribution in [2.45, 2.75) is 0 Å². The molecule has 0 fully saturated rings. The summed E-state index contributed by atoms with van der Waals surface area (Å²) in [5.41, 5.74) is 11.3. The minimum Gasteiger partial charge on any atom is -0.455 e. The fourth-order valence-electron chi connectivity index (χ4n) is 7.83. The fourth-order valence-corrected chi connectivity index (χ4v) is 7.83. The second kappa shape index (κ2) is 10.4. The Hall–Kier alpha value is -6.78. The van der Waals surface area contributed by atoms with Gasteiger partial charge in [-0.05, 0) is 45.7 Å². The van der Waals surface area contributed by atoms with Crippen LogP contribution in [0, 0.1) is 0 Å². The summed E-state index contributed by atoms with van der Waals surface area (Å²) in [6.07, 6.45) is 1.91. The van der Waals surface area contributed by atoms with E-state index in [-0.39, 0.29) is 0 Å². The number of fused-ring (bicyclic) bond motifs is 12. The number of aromatic nitrogens is 2. The number of hydrogen-bond donors (Lipinski definition) is 0. The monoisotopic (exact) mass is 638 g/mol. The van der Waals surface area contributed by atoms with Crippen LogP contribution in [0.15, 0.2) is 167 Å². The Bertz CT molecular complexity index is 3030. The maximum atomic E-state index is 6.55. The highest BCUT2D eigenvalue weighted by Crippen LogP contribution is 2.45. The minimum atomic E-state index is 0.831. The van der Waals surface area contributed by atoms with Crippen molar-refractivity contribution in [3.63, 3.8) is 0 Å². The quantitative estimate of drug-likeness (QED) is 0.181. The second-order valence-corrected chi connectivity index (χ2v) is 12.9. The van der Waals surface area contributed by atoms with Crippen LogP contribution in [0.2, 0.25) is 0 Å². The predicted octanol–water partition coefficient (Wildman–Crippen LogP) is 12.7. The molecule has 0 radical (unpaired) electrons. The molecule has 8 aromatic carbocycles. The molecule has 11 aromatic rings. The van der Waals surface area contributed by atoms with Gasteiger partial charge in [-0.1, -0.05) is 133 Å². The number of rotatable bonds is 3. The van der Waals surface area contributed by atoms with Crippen molar-refractivity contribution >= 4 is 76.5 Å². The summed E-state index contributed by atoms with van der Waals surface area (Å²) in [6, 6.07) is 52.8. The van der Waals surface area contributed by atoms with Crippen molar-refractivity contribution in [2.75, 3.05) is 0 Å². The molecule has 0 aliphatic rings. The number of hydrogen-bond acceptors (Lipinski definition) is 4. The van der Waals surface area contributed by atoms with Crippen molar-refractivity contribution in [1.82, 2.24) is 9.97 Å². The normalized spacial score (nSPS) is 12.0. The number of furan rings is 2. The summed E-state index contributed by atoms with van der Waals surface area (Å²) < 4.78 is 13.1. The lowest BCUT2D eigenvalue weighted by Crippen LogP contribution is -1.94. The van der Waals surface area contributed by atoms with E-state index in [0.29, 0.717) is 0 Å². The van der Waals surface area contributed by atoms with Gasteiger partial charge in [-0.3, -0.25) is 4.98 Å².